The third-order valence-electron chi connectivity index (χ3n) is 5.17. The van der Waals surface area contributed by atoms with E-state index in [9.17, 15) is 17.6 Å². The van der Waals surface area contributed by atoms with Gasteiger partial charge in [-0.2, -0.15) is 0 Å². The second-order valence-corrected chi connectivity index (χ2v) is 9.17. The lowest BCUT2D eigenvalue weighted by molar-refractivity contribution is -0.126. The maximum absolute atomic E-state index is 13.2. The third-order valence-corrected chi connectivity index (χ3v) is 7.00. The molecule has 0 saturated carbocycles. The van der Waals surface area contributed by atoms with Crippen molar-refractivity contribution in [1.82, 2.24) is 9.62 Å². The Labute approximate surface area is 165 Å². The van der Waals surface area contributed by atoms with Crippen molar-refractivity contribution in [2.24, 2.45) is 5.92 Å². The van der Waals surface area contributed by atoms with Crippen molar-refractivity contribution in [2.75, 3.05) is 13.1 Å². The zero-order valence-corrected chi connectivity index (χ0v) is 16.7. The van der Waals surface area contributed by atoms with Crippen LogP contribution < -0.4 is 5.32 Å². The van der Waals surface area contributed by atoms with Gasteiger partial charge in [-0.3, -0.25) is 4.79 Å². The first-order chi connectivity index (χ1) is 13.3. The van der Waals surface area contributed by atoms with Crippen LogP contribution in [0.5, 0.6) is 0 Å². The Balaban J connectivity index is 1.52. The number of carbonyl (C=O) groups is 1. The minimum atomic E-state index is -3.41. The van der Waals surface area contributed by atoms with Gasteiger partial charge in [0, 0.05) is 25.6 Å². The van der Waals surface area contributed by atoms with Crippen molar-refractivity contribution in [3.63, 3.8) is 0 Å². The van der Waals surface area contributed by atoms with Crippen LogP contribution in [0, 0.1) is 18.7 Å². The van der Waals surface area contributed by atoms with E-state index in [1.165, 1.54) is 16.4 Å². The Morgan fingerprint density at radius 2 is 1.86 bits per heavy atom. The van der Waals surface area contributed by atoms with Gasteiger partial charge in [-0.25, -0.2) is 17.1 Å². The molecule has 0 atom stereocenters. The van der Waals surface area contributed by atoms with Crippen LogP contribution in [0.25, 0.3) is 0 Å². The molecule has 0 aliphatic carbocycles. The van der Waals surface area contributed by atoms with E-state index in [1.54, 1.807) is 12.1 Å². The number of aryl methyl sites for hydroxylation is 1. The first kappa shape index (κ1) is 20.5. The molecule has 7 heteroatoms. The van der Waals surface area contributed by atoms with Crippen molar-refractivity contribution < 1.29 is 17.6 Å². The number of benzene rings is 2. The molecule has 3 rings (SSSR count). The van der Waals surface area contributed by atoms with Crippen molar-refractivity contribution in [2.45, 2.75) is 32.1 Å². The summed E-state index contributed by atoms with van der Waals surface area (Å²) in [5, 5.41) is 2.82. The maximum Gasteiger partial charge on any atom is 0.223 e. The summed E-state index contributed by atoms with van der Waals surface area (Å²) < 4.78 is 40.1. The number of halogens is 1. The van der Waals surface area contributed by atoms with Gasteiger partial charge in [-0.1, -0.05) is 36.4 Å². The van der Waals surface area contributed by atoms with Crippen LogP contribution in [0.4, 0.5) is 4.39 Å². The summed E-state index contributed by atoms with van der Waals surface area (Å²) >= 11 is 0. The molecule has 0 spiro atoms. The van der Waals surface area contributed by atoms with E-state index in [1.807, 2.05) is 31.2 Å². The fraction of sp³-hybridized carbons (Fsp3) is 0.381. The molecule has 5 nitrogen and oxygen atoms in total. The summed E-state index contributed by atoms with van der Waals surface area (Å²) in [6.07, 6.45) is 0.976. The number of hydrogen-bond donors (Lipinski definition) is 1. The van der Waals surface area contributed by atoms with Crippen LogP contribution in [0.3, 0.4) is 0 Å². The van der Waals surface area contributed by atoms with Crippen molar-refractivity contribution >= 4 is 15.9 Å². The minimum Gasteiger partial charge on any atom is -0.352 e. The Hall–Kier alpha value is -2.25. The lowest BCUT2D eigenvalue weighted by Crippen LogP contribution is -2.43. The summed E-state index contributed by atoms with van der Waals surface area (Å²) in [5.74, 6) is -0.687. The van der Waals surface area contributed by atoms with Crippen LogP contribution >= 0.6 is 0 Å². The second kappa shape index (κ2) is 8.84. The van der Waals surface area contributed by atoms with Gasteiger partial charge < -0.3 is 5.32 Å². The zero-order chi connectivity index (χ0) is 20.1. The summed E-state index contributed by atoms with van der Waals surface area (Å²) in [6.45, 7) is 2.85. The van der Waals surface area contributed by atoms with E-state index in [0.717, 1.165) is 11.1 Å². The molecule has 1 aliphatic heterocycles. The molecule has 1 fully saturated rings. The van der Waals surface area contributed by atoms with Crippen molar-refractivity contribution in [3.05, 3.63) is 71.0 Å². The van der Waals surface area contributed by atoms with E-state index in [0.29, 0.717) is 31.5 Å². The van der Waals surface area contributed by atoms with Crippen LogP contribution in [0.15, 0.2) is 48.5 Å². The zero-order valence-electron chi connectivity index (χ0n) is 15.9. The lowest BCUT2D eigenvalue weighted by atomic mass is 9.97. The highest BCUT2D eigenvalue weighted by Crippen LogP contribution is 2.23. The average molecular weight is 405 g/mol. The fourth-order valence-corrected chi connectivity index (χ4v) is 5.10. The molecule has 2 aromatic carbocycles. The van der Waals surface area contributed by atoms with Gasteiger partial charge in [0.2, 0.25) is 15.9 Å². The van der Waals surface area contributed by atoms with E-state index in [2.05, 4.69) is 5.32 Å². The van der Waals surface area contributed by atoms with Gasteiger partial charge in [0.15, 0.2) is 0 Å². The smallest absolute Gasteiger partial charge is 0.223 e. The first-order valence-electron chi connectivity index (χ1n) is 9.39. The summed E-state index contributed by atoms with van der Waals surface area (Å²) in [4.78, 5) is 12.4. The van der Waals surface area contributed by atoms with Gasteiger partial charge >= 0.3 is 0 Å². The normalized spacial score (nSPS) is 16.1. The van der Waals surface area contributed by atoms with Crippen LogP contribution in [-0.4, -0.2) is 31.7 Å². The third kappa shape index (κ3) is 5.17. The van der Waals surface area contributed by atoms with E-state index in [-0.39, 0.29) is 29.9 Å². The van der Waals surface area contributed by atoms with Crippen LogP contribution in [0.2, 0.25) is 0 Å². The molecule has 150 valence electrons. The molecule has 0 radical (unpaired) electrons. The Morgan fingerprint density at radius 1 is 1.14 bits per heavy atom. The van der Waals surface area contributed by atoms with Crippen LogP contribution in [0.1, 0.15) is 29.5 Å². The molecule has 1 N–H and O–H groups in total. The van der Waals surface area contributed by atoms with Gasteiger partial charge in [0.1, 0.15) is 5.82 Å². The minimum absolute atomic E-state index is 0.0178. The number of nitrogens with zero attached hydrogens (tertiary/aromatic N) is 1. The Morgan fingerprint density at radius 3 is 2.54 bits per heavy atom. The van der Waals surface area contributed by atoms with Gasteiger partial charge in [0.25, 0.3) is 0 Å². The standard InChI is InChI=1S/C21H25FN2O3S/c1-16-5-2-3-7-19(16)15-28(26,27)24-11-9-18(10-12-24)21(25)23-14-17-6-4-8-20(22)13-17/h2-8,13,18H,9-12,14-15H2,1H3,(H,23,25). The summed E-state index contributed by atoms with van der Waals surface area (Å²) in [5.41, 5.74) is 2.46. The molecule has 1 heterocycles. The number of hydrogen-bond acceptors (Lipinski definition) is 3. The topological polar surface area (TPSA) is 66.5 Å². The summed E-state index contributed by atoms with van der Waals surface area (Å²) in [6, 6.07) is 13.6. The molecule has 28 heavy (non-hydrogen) atoms. The molecule has 1 saturated heterocycles. The molecule has 1 amide bonds. The maximum atomic E-state index is 13.2. The average Bonchev–Trinajstić information content (AvgIpc) is 2.68. The molecule has 0 unspecified atom stereocenters. The fourth-order valence-electron chi connectivity index (χ4n) is 3.44. The SMILES string of the molecule is Cc1ccccc1CS(=O)(=O)N1CCC(C(=O)NCc2cccc(F)c2)CC1. The number of rotatable bonds is 6. The molecular weight excluding hydrogens is 379 g/mol. The van der Waals surface area contributed by atoms with Crippen molar-refractivity contribution in [1.29, 1.82) is 0 Å². The van der Waals surface area contributed by atoms with E-state index >= 15 is 0 Å². The van der Waals surface area contributed by atoms with Gasteiger partial charge in [-0.05, 0) is 48.6 Å². The predicted octanol–water partition coefficient (Wildman–Crippen LogP) is 2.99. The Kier molecular flexibility index (Phi) is 6.46. The molecular formula is C21H25FN2O3S. The quantitative estimate of drug-likeness (QED) is 0.805. The second-order valence-electron chi connectivity index (χ2n) is 7.20. The largest absolute Gasteiger partial charge is 0.352 e. The highest BCUT2D eigenvalue weighted by atomic mass is 32.2. The predicted molar refractivity (Wildman–Crippen MR) is 106 cm³/mol. The number of amides is 1. The molecule has 2 aromatic rings. The van der Waals surface area contributed by atoms with Gasteiger partial charge in [0.05, 0.1) is 5.75 Å². The van der Waals surface area contributed by atoms with E-state index < -0.39 is 10.0 Å². The molecule has 0 bridgehead atoms. The number of piperidine rings is 1. The number of sulfonamides is 1. The molecule has 1 aliphatic rings. The van der Waals surface area contributed by atoms with Gasteiger partial charge in [-0.15, -0.1) is 0 Å². The van der Waals surface area contributed by atoms with Crippen LogP contribution in [-0.2, 0) is 27.1 Å². The number of carbonyl (C=O) groups excluding carboxylic acids is 1. The monoisotopic (exact) mass is 404 g/mol. The lowest BCUT2D eigenvalue weighted by Gasteiger charge is -2.30. The summed E-state index contributed by atoms with van der Waals surface area (Å²) in [7, 11) is -3.41. The highest BCUT2D eigenvalue weighted by molar-refractivity contribution is 7.88. The molecule has 0 aromatic heterocycles. The first-order valence-corrected chi connectivity index (χ1v) is 11.0. The van der Waals surface area contributed by atoms with E-state index in [4.69, 9.17) is 0 Å². The number of nitrogens with one attached hydrogen (secondary N) is 1. The van der Waals surface area contributed by atoms with Crippen molar-refractivity contribution in [3.8, 4) is 0 Å². The highest BCUT2D eigenvalue weighted by Gasteiger charge is 2.31. The Bertz CT molecular complexity index is 938.